The van der Waals surface area contributed by atoms with E-state index < -0.39 is 12.0 Å². The molecule has 0 saturated heterocycles. The van der Waals surface area contributed by atoms with Crippen molar-refractivity contribution in [3.05, 3.63) is 112 Å². The second kappa shape index (κ2) is 9.99. The van der Waals surface area contributed by atoms with Gasteiger partial charge in [0, 0.05) is 16.3 Å². The van der Waals surface area contributed by atoms with Crippen LogP contribution in [0.2, 0.25) is 5.02 Å². The van der Waals surface area contributed by atoms with Crippen LogP contribution < -0.4 is 10.1 Å². The van der Waals surface area contributed by atoms with Gasteiger partial charge in [-0.1, -0.05) is 77.4 Å². The summed E-state index contributed by atoms with van der Waals surface area (Å²) in [5.74, 6) is 0.684. The van der Waals surface area contributed by atoms with Gasteiger partial charge in [-0.25, -0.2) is 4.79 Å². The van der Waals surface area contributed by atoms with Crippen LogP contribution in [0.1, 0.15) is 29.7 Å². The molecule has 0 fully saturated rings. The molecule has 8 nitrogen and oxygen atoms in total. The highest BCUT2D eigenvalue weighted by Crippen LogP contribution is 2.35. The molecule has 0 spiro atoms. The van der Waals surface area contributed by atoms with Crippen molar-refractivity contribution >= 4 is 23.5 Å². The molecule has 176 valence electrons. The van der Waals surface area contributed by atoms with Crippen molar-refractivity contribution in [1.82, 2.24) is 20.2 Å². The Kier molecular flexibility index (Phi) is 6.45. The number of halogens is 1. The molecule has 0 bridgehead atoms. The first-order valence-corrected chi connectivity index (χ1v) is 11.4. The van der Waals surface area contributed by atoms with Gasteiger partial charge in [0.1, 0.15) is 25.0 Å². The monoisotopic (exact) mass is 487 g/mol. The van der Waals surface area contributed by atoms with Crippen LogP contribution in [0.4, 0.5) is 5.95 Å². The summed E-state index contributed by atoms with van der Waals surface area (Å²) in [5.41, 5.74) is 3.69. The van der Waals surface area contributed by atoms with E-state index >= 15 is 0 Å². The Morgan fingerprint density at radius 1 is 1.00 bits per heavy atom. The highest BCUT2D eigenvalue weighted by atomic mass is 35.5. The van der Waals surface area contributed by atoms with Gasteiger partial charge >= 0.3 is 5.97 Å². The summed E-state index contributed by atoms with van der Waals surface area (Å²) in [6.07, 6.45) is 0. The number of hydrogen-bond donors (Lipinski definition) is 1. The standard InChI is InChI=1S/C26H22ClN5O3/c1-17-23(25(33)35-15-18-7-3-2-4-8-18)24(32-26(28-17)29-30-31-32)19-11-13-21(14-12-19)34-16-20-9-5-6-10-22(20)27/h2-14,24H,15-16H2,1H3,(H,28,29,31). The van der Waals surface area contributed by atoms with E-state index in [0.29, 0.717) is 34.6 Å². The Bertz CT molecular complexity index is 1370. The topological polar surface area (TPSA) is 91.2 Å². The number of tetrazole rings is 1. The highest BCUT2D eigenvalue weighted by Gasteiger charge is 2.35. The quantitative estimate of drug-likeness (QED) is 0.369. The summed E-state index contributed by atoms with van der Waals surface area (Å²) < 4.78 is 13.1. The molecule has 1 atom stereocenters. The van der Waals surface area contributed by atoms with Crippen LogP contribution in [0.25, 0.3) is 0 Å². The molecular weight excluding hydrogens is 466 g/mol. The smallest absolute Gasteiger partial charge is 0.338 e. The van der Waals surface area contributed by atoms with Gasteiger partial charge in [-0.15, -0.1) is 0 Å². The van der Waals surface area contributed by atoms with Crippen LogP contribution in [0.15, 0.2) is 90.1 Å². The molecule has 0 saturated carbocycles. The number of aromatic nitrogens is 4. The van der Waals surface area contributed by atoms with Crippen molar-refractivity contribution in [3.8, 4) is 5.75 Å². The van der Waals surface area contributed by atoms with Crippen LogP contribution in [0.3, 0.4) is 0 Å². The summed E-state index contributed by atoms with van der Waals surface area (Å²) >= 11 is 6.22. The lowest BCUT2D eigenvalue weighted by Crippen LogP contribution is -2.29. The van der Waals surface area contributed by atoms with E-state index in [0.717, 1.165) is 16.7 Å². The normalized spacial score (nSPS) is 14.7. The SMILES string of the molecule is CC1=C(C(=O)OCc2ccccc2)C(c2ccc(OCc3ccccc3Cl)cc2)n2nnnc2N1. The van der Waals surface area contributed by atoms with E-state index in [4.69, 9.17) is 21.1 Å². The van der Waals surface area contributed by atoms with E-state index in [1.165, 1.54) is 0 Å². The molecule has 9 heteroatoms. The molecule has 1 N–H and O–H groups in total. The lowest BCUT2D eigenvalue weighted by atomic mass is 9.95. The van der Waals surface area contributed by atoms with Crippen molar-refractivity contribution < 1.29 is 14.3 Å². The summed E-state index contributed by atoms with van der Waals surface area (Å²) in [6.45, 7) is 2.32. The predicted molar refractivity (Wildman–Crippen MR) is 131 cm³/mol. The number of carbonyl (C=O) groups excluding carboxylic acids is 1. The van der Waals surface area contributed by atoms with Crippen LogP contribution in [0.5, 0.6) is 5.75 Å². The van der Waals surface area contributed by atoms with Crippen LogP contribution >= 0.6 is 11.6 Å². The third-order valence-corrected chi connectivity index (χ3v) is 6.06. The average molecular weight is 488 g/mol. The summed E-state index contributed by atoms with van der Waals surface area (Å²) in [5, 5.41) is 15.7. The number of allylic oxidation sites excluding steroid dienone is 1. The highest BCUT2D eigenvalue weighted by molar-refractivity contribution is 6.31. The number of anilines is 1. The third-order valence-electron chi connectivity index (χ3n) is 5.69. The lowest BCUT2D eigenvalue weighted by Gasteiger charge is -2.27. The van der Waals surface area contributed by atoms with Crippen LogP contribution in [0, 0.1) is 0 Å². The van der Waals surface area contributed by atoms with Gasteiger partial charge in [0.2, 0.25) is 5.95 Å². The number of benzene rings is 3. The minimum Gasteiger partial charge on any atom is -0.489 e. The minimum absolute atomic E-state index is 0.167. The van der Waals surface area contributed by atoms with Crippen LogP contribution in [-0.4, -0.2) is 26.2 Å². The molecule has 3 aromatic carbocycles. The molecule has 0 radical (unpaired) electrons. The number of nitrogens with zero attached hydrogens (tertiary/aromatic N) is 4. The number of nitrogens with one attached hydrogen (secondary N) is 1. The average Bonchev–Trinajstić information content (AvgIpc) is 3.35. The molecule has 1 aliphatic rings. The molecule has 1 aliphatic heterocycles. The number of esters is 1. The van der Waals surface area contributed by atoms with E-state index in [1.54, 1.807) is 4.68 Å². The molecule has 0 amide bonds. The van der Waals surface area contributed by atoms with E-state index in [-0.39, 0.29) is 6.61 Å². The number of ether oxygens (including phenoxy) is 2. The van der Waals surface area contributed by atoms with Crippen molar-refractivity contribution in [2.24, 2.45) is 0 Å². The van der Waals surface area contributed by atoms with Crippen molar-refractivity contribution in [2.45, 2.75) is 26.2 Å². The van der Waals surface area contributed by atoms with E-state index in [1.807, 2.05) is 85.8 Å². The van der Waals surface area contributed by atoms with Gasteiger partial charge in [-0.3, -0.25) is 0 Å². The Morgan fingerprint density at radius 2 is 1.74 bits per heavy atom. The molecular formula is C26H22ClN5O3. The fourth-order valence-electron chi connectivity index (χ4n) is 3.91. The number of carbonyl (C=O) groups is 1. The minimum atomic E-state index is -0.554. The van der Waals surface area contributed by atoms with Crippen LogP contribution in [-0.2, 0) is 22.7 Å². The Labute approximate surface area is 207 Å². The first kappa shape index (κ1) is 22.6. The third kappa shape index (κ3) is 4.88. The zero-order chi connectivity index (χ0) is 24.2. The molecule has 4 aromatic rings. The Hall–Kier alpha value is -4.17. The second-order valence-electron chi connectivity index (χ2n) is 8.02. The van der Waals surface area contributed by atoms with Gasteiger partial charge in [0.25, 0.3) is 0 Å². The van der Waals surface area contributed by atoms with Gasteiger partial charge in [0.05, 0.1) is 5.57 Å². The number of hydrogen-bond acceptors (Lipinski definition) is 7. The first-order chi connectivity index (χ1) is 17.1. The lowest BCUT2D eigenvalue weighted by molar-refractivity contribution is -0.140. The largest absolute Gasteiger partial charge is 0.489 e. The van der Waals surface area contributed by atoms with E-state index in [2.05, 4.69) is 20.8 Å². The number of fused-ring (bicyclic) bond motifs is 1. The molecule has 0 aliphatic carbocycles. The molecule has 35 heavy (non-hydrogen) atoms. The fraction of sp³-hybridized carbons (Fsp3) is 0.154. The van der Waals surface area contributed by atoms with Gasteiger partial charge in [-0.2, -0.15) is 4.68 Å². The van der Waals surface area contributed by atoms with Gasteiger partial charge in [0.15, 0.2) is 0 Å². The van der Waals surface area contributed by atoms with Gasteiger partial charge < -0.3 is 14.8 Å². The van der Waals surface area contributed by atoms with E-state index in [9.17, 15) is 4.79 Å². The first-order valence-electron chi connectivity index (χ1n) is 11.0. The maximum absolute atomic E-state index is 13.2. The summed E-state index contributed by atoms with van der Waals surface area (Å²) in [4.78, 5) is 13.2. The number of rotatable bonds is 7. The summed E-state index contributed by atoms with van der Waals surface area (Å²) in [7, 11) is 0. The molecule has 1 aromatic heterocycles. The zero-order valence-corrected chi connectivity index (χ0v) is 19.6. The van der Waals surface area contributed by atoms with Crippen molar-refractivity contribution in [2.75, 3.05) is 5.32 Å². The molecule has 5 rings (SSSR count). The van der Waals surface area contributed by atoms with Gasteiger partial charge in [-0.05, 0) is 46.7 Å². The zero-order valence-electron chi connectivity index (χ0n) is 18.9. The molecule has 2 heterocycles. The predicted octanol–water partition coefficient (Wildman–Crippen LogP) is 4.94. The second-order valence-corrected chi connectivity index (χ2v) is 8.43. The maximum atomic E-state index is 13.2. The fourth-order valence-corrected chi connectivity index (χ4v) is 4.10. The Morgan fingerprint density at radius 3 is 2.51 bits per heavy atom. The maximum Gasteiger partial charge on any atom is 0.338 e. The molecule has 1 unspecified atom stereocenters. The Balaban J connectivity index is 1.38. The van der Waals surface area contributed by atoms with Crippen molar-refractivity contribution in [3.63, 3.8) is 0 Å². The summed E-state index contributed by atoms with van der Waals surface area (Å²) in [6, 6.07) is 24.0. The van der Waals surface area contributed by atoms with Crippen molar-refractivity contribution in [1.29, 1.82) is 0 Å².